The first-order valence-corrected chi connectivity index (χ1v) is 15.6. The standard InChI is InChI=1S/3C14H10O4.2Cr/c3*15-13(16)11-5-1-9(2-6-11)10-3-7-12(8-4-10)14(17)18;;/h3*1-8H,(H,15,16)(H,17,18);;/q;;;2*+3/p-6. The van der Waals surface area contributed by atoms with Crippen molar-refractivity contribution < 1.29 is 94.1 Å². The van der Waals surface area contributed by atoms with Gasteiger partial charge in [-0.25, -0.2) is 0 Å². The predicted molar refractivity (Wildman–Crippen MR) is 182 cm³/mol. The Labute approximate surface area is 340 Å². The summed E-state index contributed by atoms with van der Waals surface area (Å²) in [4.78, 5) is 63.5. The number of rotatable bonds is 9. The second-order valence-electron chi connectivity index (χ2n) is 11.2. The van der Waals surface area contributed by atoms with E-state index in [0.717, 1.165) is 33.4 Å². The number of carbonyl (C=O) groups excluding carboxylic acids is 6. The summed E-state index contributed by atoms with van der Waals surface area (Å²) in [6.45, 7) is 0. The minimum absolute atomic E-state index is 0. The molecule has 6 rings (SSSR count). The fraction of sp³-hybridized carbons (Fsp3) is 0. The first-order chi connectivity index (χ1) is 25.7. The van der Waals surface area contributed by atoms with E-state index in [-0.39, 0.29) is 68.1 Å². The zero-order chi connectivity index (χ0) is 39.4. The Kier molecular flexibility index (Phi) is 17.2. The maximum Gasteiger partial charge on any atom is 3.00 e. The summed E-state index contributed by atoms with van der Waals surface area (Å²) in [5, 5.41) is 63.5. The number of carbonyl (C=O) groups is 6. The summed E-state index contributed by atoms with van der Waals surface area (Å²) in [5.41, 5.74) is 5.39. The molecule has 0 aromatic heterocycles. The molecular formula is C42H24Cr2O12. The normalized spacial score (nSPS) is 9.64. The van der Waals surface area contributed by atoms with Gasteiger partial charge in [0, 0.05) is 0 Å². The first-order valence-electron chi connectivity index (χ1n) is 15.6. The Morgan fingerprint density at radius 2 is 0.304 bits per heavy atom. The van der Waals surface area contributed by atoms with Crippen LogP contribution < -0.4 is 30.6 Å². The Balaban J connectivity index is 0.000000285. The second-order valence-corrected chi connectivity index (χ2v) is 11.2. The van der Waals surface area contributed by atoms with Crippen LogP contribution >= 0.6 is 0 Å². The fourth-order valence-electron chi connectivity index (χ4n) is 4.79. The molecule has 0 bridgehead atoms. The molecule has 0 spiro atoms. The van der Waals surface area contributed by atoms with Crippen LogP contribution in [0.3, 0.4) is 0 Å². The van der Waals surface area contributed by atoms with Gasteiger partial charge in [0.05, 0.1) is 35.8 Å². The van der Waals surface area contributed by atoms with Gasteiger partial charge in [-0.2, -0.15) is 0 Å². The zero-order valence-electron chi connectivity index (χ0n) is 28.6. The molecule has 12 nitrogen and oxygen atoms in total. The van der Waals surface area contributed by atoms with E-state index in [0.29, 0.717) is 0 Å². The maximum absolute atomic E-state index is 10.6. The van der Waals surface area contributed by atoms with Crippen LogP contribution in [0.2, 0.25) is 0 Å². The van der Waals surface area contributed by atoms with Crippen LogP contribution in [-0.4, -0.2) is 35.8 Å². The zero-order valence-corrected chi connectivity index (χ0v) is 31.1. The van der Waals surface area contributed by atoms with Gasteiger partial charge in [0.2, 0.25) is 0 Å². The third-order valence-electron chi connectivity index (χ3n) is 7.72. The van der Waals surface area contributed by atoms with Crippen LogP contribution in [0.5, 0.6) is 0 Å². The molecule has 0 aliphatic heterocycles. The molecule has 0 aliphatic carbocycles. The second kappa shape index (κ2) is 21.2. The summed E-state index contributed by atoms with van der Waals surface area (Å²) in [6.07, 6.45) is 0. The van der Waals surface area contributed by atoms with Crippen LogP contribution in [-0.2, 0) is 34.7 Å². The van der Waals surface area contributed by atoms with Gasteiger partial charge in [-0.15, -0.1) is 0 Å². The van der Waals surface area contributed by atoms with Crippen LogP contribution in [0, 0.1) is 0 Å². The minimum atomic E-state index is -1.23. The van der Waals surface area contributed by atoms with E-state index >= 15 is 0 Å². The number of hydrogen-bond donors (Lipinski definition) is 0. The molecule has 0 saturated carbocycles. The molecule has 276 valence electrons. The monoisotopic (exact) mass is 824 g/mol. The molecule has 0 saturated heterocycles. The van der Waals surface area contributed by atoms with Crippen LogP contribution in [0.25, 0.3) is 33.4 Å². The van der Waals surface area contributed by atoms with Gasteiger partial charge in [0.25, 0.3) is 0 Å². The van der Waals surface area contributed by atoms with Crippen LogP contribution in [0.1, 0.15) is 62.1 Å². The van der Waals surface area contributed by atoms with Gasteiger partial charge in [-0.3, -0.25) is 0 Å². The first kappa shape index (κ1) is 45.4. The van der Waals surface area contributed by atoms with E-state index in [1.54, 1.807) is 72.8 Å². The van der Waals surface area contributed by atoms with E-state index in [1.807, 2.05) is 0 Å². The number of hydrogen-bond acceptors (Lipinski definition) is 12. The van der Waals surface area contributed by atoms with Gasteiger partial charge in [0.1, 0.15) is 0 Å². The molecular weight excluding hydrogens is 800 g/mol. The summed E-state index contributed by atoms with van der Waals surface area (Å²) in [6, 6.07) is 37.0. The molecule has 6 aromatic rings. The summed E-state index contributed by atoms with van der Waals surface area (Å²) >= 11 is 0. The molecule has 6 aromatic carbocycles. The van der Waals surface area contributed by atoms with Crippen molar-refractivity contribution in [3.8, 4) is 33.4 Å². The molecule has 14 heteroatoms. The van der Waals surface area contributed by atoms with Gasteiger partial charge in [-0.05, 0) is 66.8 Å². The quantitative estimate of drug-likeness (QED) is 0.191. The summed E-state index contributed by atoms with van der Waals surface area (Å²) in [5.74, 6) is -7.37. The Hall–Kier alpha value is -6.80. The van der Waals surface area contributed by atoms with E-state index in [2.05, 4.69) is 0 Å². The molecule has 0 aliphatic rings. The van der Waals surface area contributed by atoms with Gasteiger partial charge in [0.15, 0.2) is 0 Å². The SMILES string of the molecule is O=C([O-])c1ccc(-c2ccc(C(=O)[O-])cc2)cc1.O=C([O-])c1ccc(-c2ccc(C(=O)[O-])cc2)cc1.O=C([O-])c1ccc(-c2ccc(C(=O)[O-])cc2)cc1.[Cr+3].[Cr+3]. The molecule has 0 N–H and O–H groups in total. The number of benzene rings is 6. The van der Waals surface area contributed by atoms with Crippen molar-refractivity contribution in [1.82, 2.24) is 0 Å². The Bertz CT molecular complexity index is 1860. The molecule has 0 heterocycles. The number of aromatic carboxylic acids is 6. The predicted octanol–water partition coefficient (Wildman–Crippen LogP) is 0.237. The smallest absolute Gasteiger partial charge is 0.545 e. The van der Waals surface area contributed by atoms with Gasteiger partial charge < -0.3 is 59.4 Å². The van der Waals surface area contributed by atoms with Crippen molar-refractivity contribution in [3.63, 3.8) is 0 Å². The number of carboxylic acids is 6. The van der Waals surface area contributed by atoms with Crippen molar-refractivity contribution in [2.24, 2.45) is 0 Å². The van der Waals surface area contributed by atoms with Crippen LogP contribution in [0.15, 0.2) is 146 Å². The summed E-state index contributed by atoms with van der Waals surface area (Å²) < 4.78 is 0. The molecule has 0 amide bonds. The van der Waals surface area contributed by atoms with E-state index in [1.165, 1.54) is 72.8 Å². The van der Waals surface area contributed by atoms with Gasteiger partial charge >= 0.3 is 34.7 Å². The average Bonchev–Trinajstić information content (AvgIpc) is 3.18. The average molecular weight is 825 g/mol. The molecule has 0 fully saturated rings. The number of carboxylic acid groups (broad SMARTS) is 6. The van der Waals surface area contributed by atoms with E-state index in [9.17, 15) is 59.4 Å². The largest absolute Gasteiger partial charge is 3.00 e. The third kappa shape index (κ3) is 12.7. The van der Waals surface area contributed by atoms with Crippen molar-refractivity contribution in [2.45, 2.75) is 0 Å². The third-order valence-corrected chi connectivity index (χ3v) is 7.72. The van der Waals surface area contributed by atoms with Crippen molar-refractivity contribution >= 4 is 35.8 Å². The molecule has 0 unspecified atom stereocenters. The van der Waals surface area contributed by atoms with Crippen molar-refractivity contribution in [3.05, 3.63) is 179 Å². The topological polar surface area (TPSA) is 241 Å². The van der Waals surface area contributed by atoms with Crippen molar-refractivity contribution in [1.29, 1.82) is 0 Å². The minimum Gasteiger partial charge on any atom is -0.545 e. The van der Waals surface area contributed by atoms with Gasteiger partial charge in [-0.1, -0.05) is 146 Å². The maximum atomic E-state index is 10.6. The summed E-state index contributed by atoms with van der Waals surface area (Å²) in [7, 11) is 0. The molecule has 2 radical (unpaired) electrons. The van der Waals surface area contributed by atoms with Crippen molar-refractivity contribution in [2.75, 3.05) is 0 Å². The Morgan fingerprint density at radius 3 is 0.375 bits per heavy atom. The van der Waals surface area contributed by atoms with Crippen LogP contribution in [0.4, 0.5) is 0 Å². The fourth-order valence-corrected chi connectivity index (χ4v) is 4.79. The Morgan fingerprint density at radius 1 is 0.214 bits per heavy atom. The molecule has 0 atom stereocenters. The van der Waals surface area contributed by atoms with E-state index < -0.39 is 35.8 Å². The van der Waals surface area contributed by atoms with E-state index in [4.69, 9.17) is 0 Å². The molecule has 56 heavy (non-hydrogen) atoms.